The van der Waals surface area contributed by atoms with Gasteiger partial charge in [0.2, 0.25) is 0 Å². The molecule has 1 heterocycles. The van der Waals surface area contributed by atoms with Gasteiger partial charge in [0.05, 0.1) is 6.61 Å². The molecular formula is C6H7NO3. The molecule has 0 aromatic rings. The van der Waals surface area contributed by atoms with Crippen molar-refractivity contribution in [3.63, 3.8) is 0 Å². The molecular weight excluding hydrogens is 134 g/mol. The molecule has 10 heavy (non-hydrogen) atoms. The summed E-state index contributed by atoms with van der Waals surface area (Å²) in [6.45, 7) is 0.210. The van der Waals surface area contributed by atoms with Crippen molar-refractivity contribution in [2.45, 2.75) is 6.42 Å². The van der Waals surface area contributed by atoms with Crippen LogP contribution in [-0.4, -0.2) is 23.9 Å². The first-order chi connectivity index (χ1) is 4.75. The van der Waals surface area contributed by atoms with E-state index in [1.165, 1.54) is 0 Å². The number of carbonyl (C=O) groups is 1. The van der Waals surface area contributed by atoms with E-state index in [2.05, 4.69) is 4.74 Å². The van der Waals surface area contributed by atoms with Crippen molar-refractivity contribution in [1.29, 1.82) is 5.41 Å². The summed E-state index contributed by atoms with van der Waals surface area (Å²) < 4.78 is 4.54. The number of cyclic esters (lactones) is 1. The summed E-state index contributed by atoms with van der Waals surface area (Å²) >= 11 is 0. The van der Waals surface area contributed by atoms with E-state index >= 15 is 0 Å². The molecule has 1 aliphatic heterocycles. The Hall–Kier alpha value is -1.32. The van der Waals surface area contributed by atoms with E-state index in [0.717, 1.165) is 6.21 Å². The Morgan fingerprint density at radius 3 is 2.80 bits per heavy atom. The van der Waals surface area contributed by atoms with Crippen molar-refractivity contribution in [2.24, 2.45) is 0 Å². The minimum atomic E-state index is -0.612. The summed E-state index contributed by atoms with van der Waals surface area (Å²) in [7, 11) is 0. The van der Waals surface area contributed by atoms with E-state index in [0.29, 0.717) is 6.42 Å². The molecule has 4 heteroatoms. The van der Waals surface area contributed by atoms with Crippen LogP contribution in [0.5, 0.6) is 0 Å². The number of aliphatic hydroxyl groups is 1. The lowest BCUT2D eigenvalue weighted by molar-refractivity contribution is -0.139. The third kappa shape index (κ3) is 1.00. The molecule has 0 spiro atoms. The highest BCUT2D eigenvalue weighted by Gasteiger charge is 2.18. The second-order valence-corrected chi connectivity index (χ2v) is 1.89. The van der Waals surface area contributed by atoms with Crippen molar-refractivity contribution in [3.05, 3.63) is 11.3 Å². The summed E-state index contributed by atoms with van der Waals surface area (Å²) in [5.74, 6) is -0.662. The molecule has 1 aliphatic rings. The molecule has 54 valence electrons. The Bertz CT molecular complexity index is 207. The van der Waals surface area contributed by atoms with Gasteiger partial charge in [-0.3, -0.25) is 0 Å². The fraction of sp³-hybridized carbons (Fsp3) is 0.333. The van der Waals surface area contributed by atoms with Gasteiger partial charge in [-0.05, 0) is 0 Å². The van der Waals surface area contributed by atoms with Gasteiger partial charge in [-0.1, -0.05) is 0 Å². The number of nitrogens with one attached hydrogen (secondary N) is 1. The van der Waals surface area contributed by atoms with Crippen LogP contribution in [0.2, 0.25) is 0 Å². The number of aliphatic hydroxyl groups excluding tert-OH is 1. The average Bonchev–Trinajstić information content (AvgIpc) is 1.88. The number of rotatable bonds is 1. The van der Waals surface area contributed by atoms with E-state index in [4.69, 9.17) is 10.5 Å². The number of ether oxygens (including phenoxy) is 1. The van der Waals surface area contributed by atoms with E-state index in [9.17, 15) is 4.79 Å². The van der Waals surface area contributed by atoms with Crippen LogP contribution >= 0.6 is 0 Å². The minimum absolute atomic E-state index is 0.0359. The molecule has 4 nitrogen and oxygen atoms in total. The second kappa shape index (κ2) is 2.51. The number of hydrogen-bond acceptors (Lipinski definition) is 4. The molecule has 0 aromatic heterocycles. The van der Waals surface area contributed by atoms with Gasteiger partial charge >= 0.3 is 5.97 Å². The molecule has 0 aliphatic carbocycles. The van der Waals surface area contributed by atoms with Gasteiger partial charge in [-0.25, -0.2) is 4.79 Å². The lowest BCUT2D eigenvalue weighted by Crippen LogP contribution is -2.18. The summed E-state index contributed by atoms with van der Waals surface area (Å²) in [5, 5.41) is 15.7. The lowest BCUT2D eigenvalue weighted by Gasteiger charge is -2.11. The van der Waals surface area contributed by atoms with Crippen molar-refractivity contribution < 1.29 is 14.6 Å². The van der Waals surface area contributed by atoms with E-state index < -0.39 is 5.97 Å². The van der Waals surface area contributed by atoms with Crippen LogP contribution in [0.4, 0.5) is 0 Å². The third-order valence-corrected chi connectivity index (χ3v) is 1.25. The lowest BCUT2D eigenvalue weighted by atomic mass is 10.2. The zero-order valence-electron chi connectivity index (χ0n) is 5.26. The molecule has 0 aromatic carbocycles. The number of carbonyl (C=O) groups excluding carboxylic acids is 1. The maximum absolute atomic E-state index is 10.6. The molecule has 1 rings (SSSR count). The van der Waals surface area contributed by atoms with Crippen LogP contribution in [0.1, 0.15) is 6.42 Å². The highest BCUT2D eigenvalue weighted by molar-refractivity contribution is 6.09. The van der Waals surface area contributed by atoms with Crippen LogP contribution < -0.4 is 0 Å². The minimum Gasteiger partial charge on any atom is -0.511 e. The van der Waals surface area contributed by atoms with Gasteiger partial charge in [-0.15, -0.1) is 0 Å². The van der Waals surface area contributed by atoms with Crippen molar-refractivity contribution >= 4 is 12.2 Å². The zero-order valence-corrected chi connectivity index (χ0v) is 5.26. The highest BCUT2D eigenvalue weighted by atomic mass is 16.5. The molecule has 0 bridgehead atoms. The smallest absolute Gasteiger partial charge is 0.343 e. The second-order valence-electron chi connectivity index (χ2n) is 1.89. The number of hydrogen-bond donors (Lipinski definition) is 2. The van der Waals surface area contributed by atoms with Gasteiger partial charge in [0, 0.05) is 12.6 Å². The molecule has 0 saturated carbocycles. The van der Waals surface area contributed by atoms with Crippen molar-refractivity contribution in [1.82, 2.24) is 0 Å². The highest BCUT2D eigenvalue weighted by Crippen LogP contribution is 2.11. The SMILES string of the molecule is N=CC1=C(O)CCOC1=O. The predicted molar refractivity (Wildman–Crippen MR) is 34.0 cm³/mol. The largest absolute Gasteiger partial charge is 0.511 e. The Morgan fingerprint density at radius 2 is 2.40 bits per heavy atom. The molecule has 0 atom stereocenters. The fourth-order valence-electron chi connectivity index (χ4n) is 0.713. The van der Waals surface area contributed by atoms with Crippen LogP contribution in [0.15, 0.2) is 11.3 Å². The maximum atomic E-state index is 10.6. The molecule has 0 unspecified atom stereocenters. The first-order valence-corrected chi connectivity index (χ1v) is 2.85. The Labute approximate surface area is 57.6 Å². The first kappa shape index (κ1) is 6.80. The molecule has 0 radical (unpaired) electrons. The number of esters is 1. The summed E-state index contributed by atoms with van der Waals surface area (Å²) in [4.78, 5) is 10.6. The van der Waals surface area contributed by atoms with E-state index in [-0.39, 0.29) is 17.9 Å². The first-order valence-electron chi connectivity index (χ1n) is 2.85. The van der Waals surface area contributed by atoms with Crippen molar-refractivity contribution in [2.75, 3.05) is 6.61 Å². The summed E-state index contributed by atoms with van der Waals surface area (Å²) in [6.07, 6.45) is 1.12. The van der Waals surface area contributed by atoms with Crippen molar-refractivity contribution in [3.8, 4) is 0 Å². The normalized spacial score (nSPS) is 18.6. The Morgan fingerprint density at radius 1 is 1.70 bits per heavy atom. The van der Waals surface area contributed by atoms with E-state index in [1.54, 1.807) is 0 Å². The quantitative estimate of drug-likeness (QED) is 0.410. The average molecular weight is 141 g/mol. The van der Waals surface area contributed by atoms with Crippen LogP contribution in [0.25, 0.3) is 0 Å². The maximum Gasteiger partial charge on any atom is 0.343 e. The van der Waals surface area contributed by atoms with Crippen LogP contribution in [-0.2, 0) is 9.53 Å². The molecule has 0 saturated heterocycles. The topological polar surface area (TPSA) is 70.4 Å². The van der Waals surface area contributed by atoms with Gasteiger partial charge in [-0.2, -0.15) is 0 Å². The molecule has 0 fully saturated rings. The monoisotopic (exact) mass is 141 g/mol. The van der Waals surface area contributed by atoms with Gasteiger partial charge in [0.1, 0.15) is 11.3 Å². The standard InChI is InChI=1S/C6H7NO3/c7-3-4-5(8)1-2-10-6(4)9/h3,7-8H,1-2H2. The van der Waals surface area contributed by atoms with E-state index in [1.807, 2.05) is 0 Å². The zero-order chi connectivity index (χ0) is 7.56. The summed E-state index contributed by atoms with van der Waals surface area (Å²) in [6, 6.07) is 0. The molecule has 0 amide bonds. The van der Waals surface area contributed by atoms with Gasteiger partial charge < -0.3 is 15.3 Å². The van der Waals surface area contributed by atoms with Gasteiger partial charge in [0.15, 0.2) is 0 Å². The van der Waals surface area contributed by atoms with Gasteiger partial charge in [0.25, 0.3) is 0 Å². The van der Waals surface area contributed by atoms with Crippen LogP contribution in [0, 0.1) is 5.41 Å². The Kier molecular flexibility index (Phi) is 1.71. The summed E-state index contributed by atoms with van der Waals surface area (Å²) in [5.41, 5.74) is -0.0359. The van der Waals surface area contributed by atoms with Crippen LogP contribution in [0.3, 0.4) is 0 Å². The molecule has 2 N–H and O–H groups in total. The fourth-order valence-corrected chi connectivity index (χ4v) is 0.713. The predicted octanol–water partition coefficient (Wildman–Crippen LogP) is 0.395. The Balaban J connectivity index is 2.94. The third-order valence-electron chi connectivity index (χ3n) is 1.25.